The number of hydrogen-bond acceptors (Lipinski definition) is 1. The minimum absolute atomic E-state index is 0.0437. The third kappa shape index (κ3) is 3.17. The van der Waals surface area contributed by atoms with Gasteiger partial charge in [0.2, 0.25) is 0 Å². The fourth-order valence-electron chi connectivity index (χ4n) is 2.41. The van der Waals surface area contributed by atoms with Crippen LogP contribution in [0.4, 0.5) is 0 Å². The van der Waals surface area contributed by atoms with Gasteiger partial charge in [0.15, 0.2) is 0 Å². The van der Waals surface area contributed by atoms with E-state index in [9.17, 15) is 0 Å². The van der Waals surface area contributed by atoms with Crippen LogP contribution in [0.2, 0.25) is 0 Å². The standard InChI is InChI=1S/C13H20Cl2N2/c1-13(9-14,10-15)8-11-6-7-17(16-11)12-4-2-3-5-12/h6-7,12H,2-5,8-10H2,1H3. The van der Waals surface area contributed by atoms with Crippen LogP contribution in [-0.4, -0.2) is 21.5 Å². The Hall–Kier alpha value is -0.210. The number of rotatable bonds is 5. The number of alkyl halides is 2. The summed E-state index contributed by atoms with van der Waals surface area (Å²) in [4.78, 5) is 0. The lowest BCUT2D eigenvalue weighted by Gasteiger charge is -2.22. The molecule has 0 unspecified atom stereocenters. The Balaban J connectivity index is 2.02. The molecule has 17 heavy (non-hydrogen) atoms. The predicted octanol–water partition coefficient (Wildman–Crippen LogP) is 4.02. The Bertz CT molecular complexity index is 352. The first-order valence-electron chi connectivity index (χ1n) is 6.33. The molecule has 0 aromatic carbocycles. The Morgan fingerprint density at radius 3 is 2.59 bits per heavy atom. The van der Waals surface area contributed by atoms with Crippen molar-refractivity contribution in [1.82, 2.24) is 9.78 Å². The number of halogens is 2. The van der Waals surface area contributed by atoms with E-state index in [2.05, 4.69) is 29.0 Å². The predicted molar refractivity (Wildman–Crippen MR) is 73.0 cm³/mol. The first-order chi connectivity index (χ1) is 8.17. The lowest BCUT2D eigenvalue weighted by molar-refractivity contribution is 0.408. The van der Waals surface area contributed by atoms with Crippen LogP contribution in [0, 0.1) is 5.41 Å². The zero-order valence-electron chi connectivity index (χ0n) is 10.3. The second-order valence-corrected chi connectivity index (χ2v) is 6.01. The van der Waals surface area contributed by atoms with E-state index in [1.165, 1.54) is 25.7 Å². The molecule has 1 aliphatic carbocycles. The average molecular weight is 275 g/mol. The van der Waals surface area contributed by atoms with Crippen molar-refractivity contribution in [2.24, 2.45) is 5.41 Å². The van der Waals surface area contributed by atoms with Crippen molar-refractivity contribution in [3.63, 3.8) is 0 Å². The quantitative estimate of drug-likeness (QED) is 0.742. The van der Waals surface area contributed by atoms with Crippen LogP contribution >= 0.6 is 23.2 Å². The van der Waals surface area contributed by atoms with Gasteiger partial charge in [-0.2, -0.15) is 5.10 Å². The molecular weight excluding hydrogens is 255 g/mol. The SMILES string of the molecule is CC(CCl)(CCl)Cc1ccn(C2CCCC2)n1. The van der Waals surface area contributed by atoms with Gasteiger partial charge in [-0.25, -0.2) is 0 Å². The molecule has 0 atom stereocenters. The maximum Gasteiger partial charge on any atom is 0.0631 e. The van der Waals surface area contributed by atoms with Crippen LogP contribution in [0.15, 0.2) is 12.3 Å². The van der Waals surface area contributed by atoms with Crippen LogP contribution in [-0.2, 0) is 6.42 Å². The second kappa shape index (κ2) is 5.62. The van der Waals surface area contributed by atoms with E-state index >= 15 is 0 Å². The number of aromatic nitrogens is 2. The van der Waals surface area contributed by atoms with Gasteiger partial charge in [-0.1, -0.05) is 19.8 Å². The molecule has 96 valence electrons. The van der Waals surface area contributed by atoms with Crippen LogP contribution in [0.1, 0.15) is 44.3 Å². The van der Waals surface area contributed by atoms with Crippen LogP contribution < -0.4 is 0 Å². The molecule has 0 aliphatic heterocycles. The summed E-state index contributed by atoms with van der Waals surface area (Å²) in [5, 5.41) is 4.67. The van der Waals surface area contributed by atoms with Gasteiger partial charge >= 0.3 is 0 Å². The highest BCUT2D eigenvalue weighted by Gasteiger charge is 2.24. The van der Waals surface area contributed by atoms with E-state index in [0.29, 0.717) is 17.8 Å². The summed E-state index contributed by atoms with van der Waals surface area (Å²) in [6.45, 7) is 2.11. The molecule has 0 amide bonds. The van der Waals surface area contributed by atoms with Crippen molar-refractivity contribution in [3.05, 3.63) is 18.0 Å². The van der Waals surface area contributed by atoms with E-state index in [1.54, 1.807) is 0 Å². The summed E-state index contributed by atoms with van der Waals surface area (Å²) in [5.74, 6) is 1.15. The van der Waals surface area contributed by atoms with E-state index in [-0.39, 0.29) is 5.41 Å². The highest BCUT2D eigenvalue weighted by molar-refractivity contribution is 6.21. The van der Waals surface area contributed by atoms with Gasteiger partial charge < -0.3 is 0 Å². The molecule has 0 spiro atoms. The molecule has 1 fully saturated rings. The lowest BCUT2D eigenvalue weighted by Crippen LogP contribution is -2.24. The van der Waals surface area contributed by atoms with Gasteiger partial charge in [0.05, 0.1) is 11.7 Å². The molecule has 2 nitrogen and oxygen atoms in total. The normalized spacial score (nSPS) is 17.8. The lowest BCUT2D eigenvalue weighted by atomic mass is 9.90. The summed E-state index contributed by atoms with van der Waals surface area (Å²) in [5.41, 5.74) is 1.07. The van der Waals surface area contributed by atoms with Crippen molar-refractivity contribution in [1.29, 1.82) is 0 Å². The topological polar surface area (TPSA) is 17.8 Å². The van der Waals surface area contributed by atoms with Crippen molar-refractivity contribution in [3.8, 4) is 0 Å². The third-order valence-corrected chi connectivity index (χ3v) is 4.91. The van der Waals surface area contributed by atoms with Crippen molar-refractivity contribution in [2.45, 2.75) is 45.1 Å². The fraction of sp³-hybridized carbons (Fsp3) is 0.769. The maximum atomic E-state index is 5.97. The number of nitrogens with zero attached hydrogens (tertiary/aromatic N) is 2. The average Bonchev–Trinajstić information content (AvgIpc) is 2.98. The van der Waals surface area contributed by atoms with Gasteiger partial charge in [-0.3, -0.25) is 4.68 Å². The van der Waals surface area contributed by atoms with Gasteiger partial charge in [0.1, 0.15) is 0 Å². The van der Waals surface area contributed by atoms with Crippen molar-refractivity contribution >= 4 is 23.2 Å². The molecule has 0 N–H and O–H groups in total. The van der Waals surface area contributed by atoms with Crippen LogP contribution in [0.25, 0.3) is 0 Å². The Morgan fingerprint density at radius 1 is 1.35 bits per heavy atom. The van der Waals surface area contributed by atoms with Gasteiger partial charge in [0.25, 0.3) is 0 Å². The van der Waals surface area contributed by atoms with Crippen molar-refractivity contribution < 1.29 is 0 Å². The van der Waals surface area contributed by atoms with Crippen LogP contribution in [0.5, 0.6) is 0 Å². The van der Waals surface area contributed by atoms with Crippen LogP contribution in [0.3, 0.4) is 0 Å². The van der Waals surface area contributed by atoms with E-state index in [1.807, 2.05) is 0 Å². The molecule has 1 aliphatic rings. The Kier molecular flexibility index (Phi) is 4.37. The molecular formula is C13H20Cl2N2. The Labute approximate surface area is 113 Å². The molecule has 1 heterocycles. The Morgan fingerprint density at radius 2 is 2.00 bits per heavy atom. The van der Waals surface area contributed by atoms with Gasteiger partial charge in [-0.15, -0.1) is 23.2 Å². The minimum atomic E-state index is -0.0437. The zero-order valence-corrected chi connectivity index (χ0v) is 11.8. The molecule has 1 aromatic heterocycles. The third-order valence-electron chi connectivity index (χ3n) is 3.62. The monoisotopic (exact) mass is 274 g/mol. The molecule has 1 aromatic rings. The smallest absolute Gasteiger partial charge is 0.0631 e. The summed E-state index contributed by atoms with van der Waals surface area (Å²) in [6, 6.07) is 2.72. The highest BCUT2D eigenvalue weighted by atomic mass is 35.5. The molecule has 1 saturated carbocycles. The largest absolute Gasteiger partial charge is 0.269 e. The summed E-state index contributed by atoms with van der Waals surface area (Å²) in [7, 11) is 0. The number of hydrogen-bond donors (Lipinski definition) is 0. The van der Waals surface area contributed by atoms with Gasteiger partial charge in [0, 0.05) is 23.4 Å². The zero-order chi connectivity index (χ0) is 12.3. The molecule has 0 saturated heterocycles. The minimum Gasteiger partial charge on any atom is -0.269 e. The molecule has 0 bridgehead atoms. The van der Waals surface area contributed by atoms with Gasteiger partial charge in [-0.05, 0) is 25.3 Å². The molecule has 0 radical (unpaired) electrons. The highest BCUT2D eigenvalue weighted by Crippen LogP contribution is 2.30. The molecule has 4 heteroatoms. The molecule has 2 rings (SSSR count). The summed E-state index contributed by atoms with van der Waals surface area (Å²) < 4.78 is 2.13. The fourth-order valence-corrected chi connectivity index (χ4v) is 2.89. The summed E-state index contributed by atoms with van der Waals surface area (Å²) in [6.07, 6.45) is 8.17. The summed E-state index contributed by atoms with van der Waals surface area (Å²) >= 11 is 11.9. The van der Waals surface area contributed by atoms with Crippen molar-refractivity contribution in [2.75, 3.05) is 11.8 Å². The second-order valence-electron chi connectivity index (χ2n) is 5.48. The van der Waals surface area contributed by atoms with E-state index in [0.717, 1.165) is 12.1 Å². The van der Waals surface area contributed by atoms with E-state index in [4.69, 9.17) is 23.2 Å². The first kappa shape index (κ1) is 13.2. The maximum absolute atomic E-state index is 5.97. The first-order valence-corrected chi connectivity index (χ1v) is 7.40. The van der Waals surface area contributed by atoms with E-state index < -0.39 is 0 Å².